The van der Waals surface area contributed by atoms with Crippen LogP contribution < -0.4 is 15.5 Å². The molecule has 0 saturated heterocycles. The van der Waals surface area contributed by atoms with Gasteiger partial charge in [-0.25, -0.2) is 4.79 Å². The van der Waals surface area contributed by atoms with E-state index < -0.39 is 22.9 Å². The molecule has 0 fully saturated rings. The van der Waals surface area contributed by atoms with Crippen LogP contribution in [0.5, 0.6) is 11.5 Å². The van der Waals surface area contributed by atoms with E-state index in [1.165, 1.54) is 6.07 Å². The number of ether oxygens (including phenoxy) is 2. The van der Waals surface area contributed by atoms with Crippen LogP contribution in [-0.2, 0) is 11.2 Å². The fourth-order valence-corrected chi connectivity index (χ4v) is 3.47. The van der Waals surface area contributed by atoms with Gasteiger partial charge < -0.3 is 24.3 Å². The van der Waals surface area contributed by atoms with Gasteiger partial charge in [0.25, 0.3) is 0 Å². The fraction of sp³-hybridized carbons (Fsp3) is 0.333. The minimum absolute atomic E-state index is 0.0700. The molecule has 2 aromatic carbocycles. The Hall–Kier alpha value is -3.19. The highest BCUT2D eigenvalue weighted by Gasteiger charge is 2.19. The number of nitrogens with one attached hydrogen (secondary N) is 1. The van der Waals surface area contributed by atoms with E-state index in [1.807, 2.05) is 0 Å². The Morgan fingerprint density at radius 3 is 2.50 bits per heavy atom. The van der Waals surface area contributed by atoms with Gasteiger partial charge in [-0.3, -0.25) is 4.79 Å². The minimum Gasteiger partial charge on any atom is -0.502 e. The van der Waals surface area contributed by atoms with Gasteiger partial charge >= 0.3 is 6.09 Å². The van der Waals surface area contributed by atoms with Crippen LogP contribution in [0.4, 0.5) is 4.79 Å². The molecule has 0 aliphatic heterocycles. The van der Waals surface area contributed by atoms with Crippen LogP contribution in [0.3, 0.4) is 0 Å². The van der Waals surface area contributed by atoms with Crippen LogP contribution in [0.2, 0.25) is 5.02 Å². The van der Waals surface area contributed by atoms with Gasteiger partial charge in [0.2, 0.25) is 11.2 Å². The summed E-state index contributed by atoms with van der Waals surface area (Å²) in [7, 11) is 1.55. The first kappa shape index (κ1) is 23.5. The van der Waals surface area contributed by atoms with Crippen LogP contribution in [0.15, 0.2) is 45.6 Å². The summed E-state index contributed by atoms with van der Waals surface area (Å²) in [5.41, 5.74) is 0.449. The van der Waals surface area contributed by atoms with Gasteiger partial charge in [0, 0.05) is 17.1 Å². The zero-order valence-corrected chi connectivity index (χ0v) is 19.2. The van der Waals surface area contributed by atoms with Crippen molar-refractivity contribution in [2.24, 2.45) is 0 Å². The van der Waals surface area contributed by atoms with Gasteiger partial charge in [-0.05, 0) is 75.6 Å². The van der Waals surface area contributed by atoms with Crippen LogP contribution >= 0.6 is 11.6 Å². The number of carbonyl (C=O) groups is 1. The third kappa shape index (κ3) is 5.53. The van der Waals surface area contributed by atoms with Crippen molar-refractivity contribution >= 4 is 28.7 Å². The number of halogens is 1. The monoisotopic (exact) mass is 459 g/mol. The molecule has 7 nitrogen and oxygen atoms in total. The normalized spacial score (nSPS) is 11.4. The molecule has 32 heavy (non-hydrogen) atoms. The van der Waals surface area contributed by atoms with E-state index in [0.717, 1.165) is 0 Å². The predicted molar refractivity (Wildman–Crippen MR) is 124 cm³/mol. The average Bonchev–Trinajstić information content (AvgIpc) is 2.73. The number of hydrogen-bond acceptors (Lipinski definition) is 6. The number of aromatic hydroxyl groups is 1. The maximum absolute atomic E-state index is 12.8. The lowest BCUT2D eigenvalue weighted by atomic mass is 10.0. The Labute approximate surface area is 190 Å². The maximum Gasteiger partial charge on any atom is 0.407 e. The molecule has 0 atom stereocenters. The second kappa shape index (κ2) is 9.53. The van der Waals surface area contributed by atoms with E-state index in [-0.39, 0.29) is 11.1 Å². The zero-order chi connectivity index (χ0) is 23.5. The molecular weight excluding hydrogens is 434 g/mol. The summed E-state index contributed by atoms with van der Waals surface area (Å²) < 4.78 is 16.4. The molecule has 0 aliphatic carbocycles. The Balaban J connectivity index is 1.88. The lowest BCUT2D eigenvalue weighted by Crippen LogP contribution is -2.33. The summed E-state index contributed by atoms with van der Waals surface area (Å²) in [5, 5.41) is 13.7. The number of rotatable bonds is 6. The zero-order valence-electron chi connectivity index (χ0n) is 18.5. The predicted octanol–water partition coefficient (Wildman–Crippen LogP) is 5.28. The average molecular weight is 460 g/mol. The molecule has 0 spiro atoms. The fourth-order valence-electron chi connectivity index (χ4n) is 3.23. The third-order valence-corrected chi connectivity index (χ3v) is 4.87. The summed E-state index contributed by atoms with van der Waals surface area (Å²) in [6.07, 6.45) is 0.562. The van der Waals surface area contributed by atoms with Crippen molar-refractivity contribution < 1.29 is 23.8 Å². The second-order valence-corrected chi connectivity index (χ2v) is 8.75. The number of benzene rings is 2. The van der Waals surface area contributed by atoms with Crippen LogP contribution in [-0.4, -0.2) is 30.5 Å². The van der Waals surface area contributed by atoms with Gasteiger partial charge in [0.15, 0.2) is 5.76 Å². The smallest absolute Gasteiger partial charge is 0.407 e. The second-order valence-electron chi connectivity index (χ2n) is 8.31. The lowest BCUT2D eigenvalue weighted by Gasteiger charge is -2.19. The number of methoxy groups -OCH3 is 1. The van der Waals surface area contributed by atoms with Crippen molar-refractivity contribution in [3.05, 3.63) is 57.2 Å². The molecule has 0 radical (unpaired) electrons. The Morgan fingerprint density at radius 2 is 1.88 bits per heavy atom. The summed E-state index contributed by atoms with van der Waals surface area (Å²) in [5.74, 6) is 0.226. The van der Waals surface area contributed by atoms with Gasteiger partial charge in [-0.2, -0.15) is 0 Å². The quantitative estimate of drug-likeness (QED) is 0.486. The summed E-state index contributed by atoms with van der Waals surface area (Å²) in [4.78, 5) is 24.7. The first-order valence-corrected chi connectivity index (χ1v) is 10.6. The number of alkyl carbamates (subject to hydrolysis) is 1. The van der Waals surface area contributed by atoms with Crippen LogP contribution in [0.25, 0.3) is 22.3 Å². The van der Waals surface area contributed by atoms with E-state index in [0.29, 0.717) is 46.9 Å². The van der Waals surface area contributed by atoms with Crippen molar-refractivity contribution in [2.45, 2.75) is 39.2 Å². The lowest BCUT2D eigenvalue weighted by molar-refractivity contribution is 0.0527. The first-order chi connectivity index (χ1) is 15.1. The highest BCUT2D eigenvalue weighted by atomic mass is 35.5. The van der Waals surface area contributed by atoms with Crippen molar-refractivity contribution in [1.82, 2.24) is 5.32 Å². The molecule has 170 valence electrons. The number of aryl methyl sites for hydroxylation is 1. The largest absolute Gasteiger partial charge is 0.502 e. The summed E-state index contributed by atoms with van der Waals surface area (Å²) in [6.45, 7) is 5.75. The van der Waals surface area contributed by atoms with E-state index in [4.69, 9.17) is 25.5 Å². The molecular formula is C24H26ClNO6. The molecule has 0 unspecified atom stereocenters. The highest BCUT2D eigenvalue weighted by Crippen LogP contribution is 2.33. The van der Waals surface area contributed by atoms with E-state index in [9.17, 15) is 14.7 Å². The van der Waals surface area contributed by atoms with Gasteiger partial charge in [0.05, 0.1) is 12.5 Å². The maximum atomic E-state index is 12.8. The highest BCUT2D eigenvalue weighted by molar-refractivity contribution is 6.31. The van der Waals surface area contributed by atoms with Gasteiger partial charge in [0.1, 0.15) is 16.9 Å². The molecule has 0 bridgehead atoms. The number of carbonyl (C=O) groups excluding carboxylic acids is 1. The van der Waals surface area contributed by atoms with Gasteiger partial charge in [-0.1, -0.05) is 11.6 Å². The molecule has 3 rings (SSSR count). The SMILES string of the molecule is COc1ccc(-c2oc3c(CCCNC(=O)OC(C)(C)C)cc(Cl)cc3c(=O)c2O)cc1. The van der Waals surface area contributed by atoms with E-state index >= 15 is 0 Å². The Kier molecular flexibility index (Phi) is 6.99. The molecule has 8 heteroatoms. The van der Waals surface area contributed by atoms with E-state index in [2.05, 4.69) is 5.32 Å². The van der Waals surface area contributed by atoms with Crippen molar-refractivity contribution in [2.75, 3.05) is 13.7 Å². The first-order valence-electron chi connectivity index (χ1n) is 10.2. The topological polar surface area (TPSA) is 98.0 Å². The molecule has 2 N–H and O–H groups in total. The van der Waals surface area contributed by atoms with E-state index in [1.54, 1.807) is 58.2 Å². The summed E-state index contributed by atoms with van der Waals surface area (Å²) in [6, 6.07) is 10.0. The summed E-state index contributed by atoms with van der Waals surface area (Å²) >= 11 is 6.21. The van der Waals surface area contributed by atoms with Crippen molar-refractivity contribution in [1.29, 1.82) is 0 Å². The number of fused-ring (bicyclic) bond motifs is 1. The van der Waals surface area contributed by atoms with Crippen molar-refractivity contribution in [3.8, 4) is 22.8 Å². The van der Waals surface area contributed by atoms with Crippen molar-refractivity contribution in [3.63, 3.8) is 0 Å². The van der Waals surface area contributed by atoms with Gasteiger partial charge in [-0.15, -0.1) is 0 Å². The standard InChI is InChI=1S/C24H26ClNO6/c1-24(2,3)32-23(29)26-11-5-6-15-12-16(25)13-18-19(27)20(28)22(31-21(15)18)14-7-9-17(30-4)10-8-14/h7-10,12-13,28H,5-6,11H2,1-4H3,(H,26,29). The molecule has 1 heterocycles. The Bertz CT molecular complexity index is 1180. The number of hydrogen-bond donors (Lipinski definition) is 2. The Morgan fingerprint density at radius 1 is 1.19 bits per heavy atom. The molecule has 0 aliphatic rings. The molecule has 1 amide bonds. The minimum atomic E-state index is -0.573. The molecule has 1 aromatic heterocycles. The van der Waals surface area contributed by atoms with Crippen LogP contribution in [0, 0.1) is 0 Å². The molecule has 3 aromatic rings. The van der Waals surface area contributed by atoms with Crippen LogP contribution in [0.1, 0.15) is 32.8 Å². The third-order valence-electron chi connectivity index (χ3n) is 4.65. The number of amides is 1. The molecule has 0 saturated carbocycles.